The minimum Gasteiger partial charge on any atom is -0.450 e. The highest BCUT2D eigenvalue weighted by atomic mass is 16.6. The quantitative estimate of drug-likeness (QED) is 0.897. The Morgan fingerprint density at radius 3 is 2.73 bits per heavy atom. The molecule has 1 fully saturated rings. The Hall–Kier alpha value is -2.05. The first kappa shape index (κ1) is 16.3. The molecule has 2 heterocycles. The highest BCUT2D eigenvalue weighted by molar-refractivity contribution is 5.68. The summed E-state index contributed by atoms with van der Waals surface area (Å²) < 4.78 is 5.02. The predicted octanol–water partition coefficient (Wildman–Crippen LogP) is 1.97. The topological polar surface area (TPSA) is 70.6 Å². The van der Waals surface area contributed by atoms with Crippen LogP contribution in [0.3, 0.4) is 0 Å². The van der Waals surface area contributed by atoms with E-state index in [2.05, 4.69) is 34.0 Å². The fourth-order valence-corrected chi connectivity index (χ4v) is 2.24. The van der Waals surface area contributed by atoms with Gasteiger partial charge in [-0.1, -0.05) is 6.92 Å². The lowest BCUT2D eigenvalue weighted by Gasteiger charge is -2.34. The van der Waals surface area contributed by atoms with E-state index in [4.69, 9.17) is 4.74 Å². The first-order valence-electron chi connectivity index (χ1n) is 7.90. The maximum absolute atomic E-state index is 11.7. The number of ether oxygens (including phenoxy) is 1. The summed E-state index contributed by atoms with van der Waals surface area (Å²) in [5, 5.41) is 3.35. The largest absolute Gasteiger partial charge is 0.450 e. The number of hydrogen-bond donors (Lipinski definition) is 1. The van der Waals surface area contributed by atoms with Gasteiger partial charge in [0.05, 0.1) is 6.61 Å². The van der Waals surface area contributed by atoms with Crippen LogP contribution < -0.4 is 10.2 Å². The van der Waals surface area contributed by atoms with Crippen molar-refractivity contribution >= 4 is 17.9 Å². The number of piperazine rings is 1. The van der Waals surface area contributed by atoms with E-state index in [9.17, 15) is 4.79 Å². The molecule has 7 heteroatoms. The summed E-state index contributed by atoms with van der Waals surface area (Å²) in [7, 11) is 0. The molecule has 1 aromatic rings. The van der Waals surface area contributed by atoms with Gasteiger partial charge in [-0.15, -0.1) is 0 Å². The summed E-state index contributed by atoms with van der Waals surface area (Å²) >= 11 is 0. The maximum atomic E-state index is 11.7. The van der Waals surface area contributed by atoms with E-state index >= 15 is 0 Å². The molecular formula is C15H25N5O2. The van der Waals surface area contributed by atoms with Crippen LogP contribution >= 0.6 is 0 Å². The zero-order valence-electron chi connectivity index (χ0n) is 13.6. The van der Waals surface area contributed by atoms with Crippen LogP contribution in [0.1, 0.15) is 27.2 Å². The molecule has 1 atom stereocenters. The number of nitrogens with zero attached hydrogens (tertiary/aromatic N) is 4. The Bertz CT molecular complexity index is 489. The smallest absolute Gasteiger partial charge is 0.409 e. The molecule has 1 saturated heterocycles. The number of rotatable bonds is 5. The molecule has 0 bridgehead atoms. The molecule has 1 N–H and O–H groups in total. The average Bonchev–Trinajstić information content (AvgIpc) is 2.55. The van der Waals surface area contributed by atoms with Gasteiger partial charge in [0, 0.05) is 38.4 Å². The van der Waals surface area contributed by atoms with Gasteiger partial charge in [0.15, 0.2) is 0 Å². The first-order chi connectivity index (χ1) is 10.6. The number of nitrogens with one attached hydrogen (secondary N) is 1. The van der Waals surface area contributed by atoms with Crippen molar-refractivity contribution in [2.45, 2.75) is 33.2 Å². The number of amides is 1. The van der Waals surface area contributed by atoms with Gasteiger partial charge in [-0.2, -0.15) is 4.98 Å². The monoisotopic (exact) mass is 307 g/mol. The van der Waals surface area contributed by atoms with E-state index < -0.39 is 0 Å². The first-order valence-corrected chi connectivity index (χ1v) is 7.90. The standard InChI is InChI=1S/C15H25N5O2/c1-4-12(3)17-13-6-7-16-14(18-13)19-8-10-20(11-9-19)15(21)22-5-2/h6-7,12H,4-5,8-11H2,1-3H3,(H,16,17,18). The minimum absolute atomic E-state index is 0.241. The van der Waals surface area contributed by atoms with Gasteiger partial charge in [0.25, 0.3) is 0 Å². The third-order valence-corrected chi connectivity index (χ3v) is 3.74. The van der Waals surface area contributed by atoms with Crippen molar-refractivity contribution in [3.8, 4) is 0 Å². The van der Waals surface area contributed by atoms with Crippen LogP contribution in [0.15, 0.2) is 12.3 Å². The van der Waals surface area contributed by atoms with Crippen molar-refractivity contribution in [2.24, 2.45) is 0 Å². The predicted molar refractivity (Wildman–Crippen MR) is 86.2 cm³/mol. The second kappa shape index (κ2) is 7.82. The molecule has 0 spiro atoms. The van der Waals surface area contributed by atoms with Crippen LogP contribution in [-0.4, -0.2) is 59.8 Å². The van der Waals surface area contributed by atoms with Crippen LogP contribution in [0, 0.1) is 0 Å². The summed E-state index contributed by atoms with van der Waals surface area (Å²) in [5.41, 5.74) is 0. The fourth-order valence-electron chi connectivity index (χ4n) is 2.24. The van der Waals surface area contributed by atoms with Gasteiger partial charge in [-0.05, 0) is 26.3 Å². The number of carbonyl (C=O) groups excluding carboxylic acids is 1. The van der Waals surface area contributed by atoms with E-state index in [1.54, 1.807) is 11.1 Å². The average molecular weight is 307 g/mol. The third-order valence-electron chi connectivity index (χ3n) is 3.74. The minimum atomic E-state index is -0.241. The van der Waals surface area contributed by atoms with Gasteiger partial charge in [-0.3, -0.25) is 0 Å². The highest BCUT2D eigenvalue weighted by Gasteiger charge is 2.23. The third kappa shape index (κ3) is 4.22. The summed E-state index contributed by atoms with van der Waals surface area (Å²) in [6, 6.07) is 2.26. The molecule has 0 aliphatic carbocycles. The Kier molecular flexibility index (Phi) is 5.80. The number of aromatic nitrogens is 2. The molecule has 0 aromatic carbocycles. The van der Waals surface area contributed by atoms with Crippen LogP contribution in [-0.2, 0) is 4.74 Å². The molecule has 1 aliphatic heterocycles. The molecule has 1 unspecified atom stereocenters. The summed E-state index contributed by atoms with van der Waals surface area (Å²) in [6.45, 7) is 9.17. The number of anilines is 2. The maximum Gasteiger partial charge on any atom is 0.409 e. The zero-order valence-corrected chi connectivity index (χ0v) is 13.6. The van der Waals surface area contributed by atoms with Crippen LogP contribution in [0.2, 0.25) is 0 Å². The SMILES string of the molecule is CCOC(=O)N1CCN(c2nccc(NC(C)CC)n2)CC1. The molecular weight excluding hydrogens is 282 g/mol. The van der Waals surface area contributed by atoms with Crippen LogP contribution in [0.25, 0.3) is 0 Å². The normalized spacial score (nSPS) is 16.3. The van der Waals surface area contributed by atoms with Gasteiger partial charge in [0.2, 0.25) is 5.95 Å². The molecule has 122 valence electrons. The van der Waals surface area contributed by atoms with Crippen LogP contribution in [0.5, 0.6) is 0 Å². The Labute approximate surface area is 131 Å². The Morgan fingerprint density at radius 2 is 2.09 bits per heavy atom. The number of hydrogen-bond acceptors (Lipinski definition) is 6. The van der Waals surface area contributed by atoms with Crippen molar-refractivity contribution in [1.29, 1.82) is 0 Å². The van der Waals surface area contributed by atoms with Gasteiger partial charge in [0.1, 0.15) is 5.82 Å². The molecule has 0 radical (unpaired) electrons. The lowest BCUT2D eigenvalue weighted by Crippen LogP contribution is -2.49. The molecule has 0 saturated carbocycles. The van der Waals surface area contributed by atoms with E-state index in [1.807, 2.05) is 13.0 Å². The summed E-state index contributed by atoms with van der Waals surface area (Å²) in [4.78, 5) is 24.4. The lowest BCUT2D eigenvalue weighted by molar-refractivity contribution is 0.105. The molecule has 7 nitrogen and oxygen atoms in total. The van der Waals surface area contributed by atoms with Crippen molar-refractivity contribution in [2.75, 3.05) is 43.0 Å². The van der Waals surface area contributed by atoms with Gasteiger partial charge < -0.3 is 19.9 Å². The number of carbonyl (C=O) groups is 1. The second-order valence-electron chi connectivity index (χ2n) is 5.37. The fraction of sp³-hybridized carbons (Fsp3) is 0.667. The van der Waals surface area contributed by atoms with E-state index in [0.717, 1.165) is 12.2 Å². The van der Waals surface area contributed by atoms with Gasteiger partial charge >= 0.3 is 6.09 Å². The second-order valence-corrected chi connectivity index (χ2v) is 5.37. The lowest BCUT2D eigenvalue weighted by atomic mass is 10.2. The molecule has 1 aromatic heterocycles. The Balaban J connectivity index is 1.93. The van der Waals surface area contributed by atoms with Crippen molar-refractivity contribution in [1.82, 2.24) is 14.9 Å². The Morgan fingerprint density at radius 1 is 1.36 bits per heavy atom. The van der Waals surface area contributed by atoms with Crippen molar-refractivity contribution in [3.63, 3.8) is 0 Å². The van der Waals surface area contributed by atoms with E-state index in [-0.39, 0.29) is 6.09 Å². The zero-order chi connectivity index (χ0) is 15.9. The van der Waals surface area contributed by atoms with Gasteiger partial charge in [-0.25, -0.2) is 9.78 Å². The molecule has 1 amide bonds. The van der Waals surface area contributed by atoms with E-state index in [0.29, 0.717) is 44.8 Å². The molecule has 22 heavy (non-hydrogen) atoms. The van der Waals surface area contributed by atoms with Crippen molar-refractivity contribution < 1.29 is 9.53 Å². The molecule has 2 rings (SSSR count). The van der Waals surface area contributed by atoms with E-state index in [1.165, 1.54) is 0 Å². The molecule has 1 aliphatic rings. The highest BCUT2D eigenvalue weighted by Crippen LogP contribution is 2.15. The van der Waals surface area contributed by atoms with Crippen molar-refractivity contribution in [3.05, 3.63) is 12.3 Å². The summed E-state index contributed by atoms with van der Waals surface area (Å²) in [5.74, 6) is 1.55. The van der Waals surface area contributed by atoms with Crippen LogP contribution in [0.4, 0.5) is 16.6 Å². The summed E-state index contributed by atoms with van der Waals surface area (Å²) in [6.07, 6.45) is 2.57.